The van der Waals surface area contributed by atoms with Crippen molar-refractivity contribution in [3.63, 3.8) is 0 Å². The van der Waals surface area contributed by atoms with Crippen LogP contribution in [0.4, 0.5) is 0 Å². The molecule has 1 N–H and O–H groups in total. The Bertz CT molecular complexity index is 468. The van der Waals surface area contributed by atoms with E-state index in [2.05, 4.69) is 0 Å². The van der Waals surface area contributed by atoms with Crippen molar-refractivity contribution in [2.75, 3.05) is 33.0 Å². The summed E-state index contributed by atoms with van der Waals surface area (Å²) in [6.45, 7) is 3.88. The number of hydrogen-bond acceptors (Lipinski definition) is 7. The second-order valence-electron chi connectivity index (χ2n) is 4.30. The number of carbonyl (C=O) groups excluding carboxylic acids is 1. The van der Waals surface area contributed by atoms with Crippen molar-refractivity contribution < 1.29 is 33.6 Å². The lowest BCUT2D eigenvalue weighted by Crippen LogP contribution is -2.27. The van der Waals surface area contributed by atoms with Crippen molar-refractivity contribution in [3.05, 3.63) is 18.2 Å². The predicted octanol–water partition coefficient (Wildman–Crippen LogP) is 0.735. The van der Waals surface area contributed by atoms with Gasteiger partial charge < -0.3 is 28.8 Å². The molecule has 2 aliphatic heterocycles. The van der Waals surface area contributed by atoms with Gasteiger partial charge in [-0.3, -0.25) is 4.79 Å². The Kier molecular flexibility index (Phi) is 5.79. The zero-order chi connectivity index (χ0) is 15.1. The minimum Gasteiger partial charge on any atom is -0.486 e. The molecule has 1 aromatic rings. The number of esters is 1. The van der Waals surface area contributed by atoms with E-state index < -0.39 is 6.29 Å². The van der Waals surface area contributed by atoms with E-state index in [9.17, 15) is 4.79 Å². The fraction of sp³-hybridized carbons (Fsp3) is 0.500. The maximum atomic E-state index is 10.7. The van der Waals surface area contributed by atoms with Crippen molar-refractivity contribution in [2.24, 2.45) is 0 Å². The van der Waals surface area contributed by atoms with Crippen LogP contribution in [0, 0.1) is 0 Å². The van der Waals surface area contributed by atoms with Gasteiger partial charge in [-0.25, -0.2) is 0 Å². The summed E-state index contributed by atoms with van der Waals surface area (Å²) < 4.78 is 25.1. The van der Waals surface area contributed by atoms with Crippen molar-refractivity contribution in [1.82, 2.24) is 0 Å². The van der Waals surface area contributed by atoms with Gasteiger partial charge in [-0.15, -0.1) is 0 Å². The van der Waals surface area contributed by atoms with E-state index in [0.717, 1.165) is 0 Å². The van der Waals surface area contributed by atoms with Crippen molar-refractivity contribution in [1.29, 1.82) is 0 Å². The summed E-state index contributed by atoms with van der Waals surface area (Å²) in [6.07, 6.45) is -0.686. The first-order valence-electron chi connectivity index (χ1n) is 6.60. The molecule has 1 saturated heterocycles. The molecule has 1 unspecified atom stereocenters. The summed E-state index contributed by atoms with van der Waals surface area (Å²) in [4.78, 5) is 10.7. The molecule has 0 bridgehead atoms. The first-order chi connectivity index (χ1) is 10.1. The van der Waals surface area contributed by atoms with Gasteiger partial charge in [-0.2, -0.15) is 0 Å². The van der Waals surface area contributed by atoms with E-state index in [0.29, 0.717) is 50.3 Å². The lowest BCUT2D eigenvalue weighted by atomic mass is 10.3. The molecule has 2 aliphatic rings. The SMILES string of the molecule is CC(=O)Oc1ccc2c(c1)OCCO2.OC1COCCO1. The number of aliphatic hydroxyl groups excluding tert-OH is 1. The summed E-state index contributed by atoms with van der Waals surface area (Å²) in [5, 5.41) is 8.56. The largest absolute Gasteiger partial charge is 0.486 e. The van der Waals surface area contributed by atoms with Gasteiger partial charge in [-0.1, -0.05) is 0 Å². The number of fused-ring (bicyclic) bond motifs is 1. The molecular formula is C14H18O7. The molecule has 7 nitrogen and oxygen atoms in total. The average molecular weight is 298 g/mol. The second kappa shape index (κ2) is 7.82. The van der Waals surface area contributed by atoms with E-state index in [1.165, 1.54) is 6.92 Å². The molecule has 116 valence electrons. The quantitative estimate of drug-likeness (QED) is 0.604. The fourth-order valence-corrected chi connectivity index (χ4v) is 1.73. The third kappa shape index (κ3) is 5.22. The Morgan fingerprint density at radius 1 is 1.19 bits per heavy atom. The van der Waals surface area contributed by atoms with Crippen LogP contribution >= 0.6 is 0 Å². The first-order valence-corrected chi connectivity index (χ1v) is 6.60. The topological polar surface area (TPSA) is 83.5 Å². The van der Waals surface area contributed by atoms with Gasteiger partial charge in [0.25, 0.3) is 0 Å². The maximum absolute atomic E-state index is 10.7. The van der Waals surface area contributed by atoms with Gasteiger partial charge in [0.1, 0.15) is 19.0 Å². The van der Waals surface area contributed by atoms with Crippen molar-refractivity contribution in [3.8, 4) is 17.2 Å². The molecule has 0 amide bonds. The number of rotatable bonds is 1. The van der Waals surface area contributed by atoms with Crippen LogP contribution in [-0.2, 0) is 14.3 Å². The van der Waals surface area contributed by atoms with Gasteiger partial charge in [0, 0.05) is 13.0 Å². The van der Waals surface area contributed by atoms with Gasteiger partial charge >= 0.3 is 5.97 Å². The Balaban J connectivity index is 0.000000194. The Morgan fingerprint density at radius 3 is 2.52 bits per heavy atom. The van der Waals surface area contributed by atoms with Crippen LogP contribution < -0.4 is 14.2 Å². The molecule has 0 aromatic heterocycles. The highest BCUT2D eigenvalue weighted by Crippen LogP contribution is 2.33. The summed E-state index contributed by atoms with van der Waals surface area (Å²) in [5.41, 5.74) is 0. The molecule has 0 saturated carbocycles. The molecule has 2 heterocycles. The first kappa shape index (κ1) is 15.6. The second-order valence-corrected chi connectivity index (χ2v) is 4.30. The highest BCUT2D eigenvalue weighted by Gasteiger charge is 2.12. The van der Waals surface area contributed by atoms with Crippen LogP contribution in [0.1, 0.15) is 6.92 Å². The van der Waals surface area contributed by atoms with Crippen LogP contribution in [0.3, 0.4) is 0 Å². The van der Waals surface area contributed by atoms with E-state index in [-0.39, 0.29) is 5.97 Å². The van der Waals surface area contributed by atoms with Gasteiger partial charge in [0.05, 0.1) is 19.8 Å². The molecule has 1 fully saturated rings. The number of benzene rings is 1. The average Bonchev–Trinajstić information content (AvgIpc) is 2.48. The van der Waals surface area contributed by atoms with Gasteiger partial charge in [0.2, 0.25) is 0 Å². The smallest absolute Gasteiger partial charge is 0.308 e. The zero-order valence-corrected chi connectivity index (χ0v) is 11.7. The third-order valence-electron chi connectivity index (χ3n) is 2.57. The lowest BCUT2D eigenvalue weighted by Gasteiger charge is -2.18. The number of hydrogen-bond donors (Lipinski definition) is 1. The van der Waals surface area contributed by atoms with Crippen molar-refractivity contribution in [2.45, 2.75) is 13.2 Å². The maximum Gasteiger partial charge on any atom is 0.308 e. The predicted molar refractivity (Wildman–Crippen MR) is 71.5 cm³/mol. The summed E-state index contributed by atoms with van der Waals surface area (Å²) >= 11 is 0. The van der Waals surface area contributed by atoms with Crippen LogP contribution in [0.2, 0.25) is 0 Å². The lowest BCUT2D eigenvalue weighted by molar-refractivity contribution is -0.184. The molecule has 21 heavy (non-hydrogen) atoms. The van der Waals surface area contributed by atoms with E-state index in [4.69, 9.17) is 28.8 Å². The van der Waals surface area contributed by atoms with Crippen molar-refractivity contribution >= 4 is 5.97 Å². The summed E-state index contributed by atoms with van der Waals surface area (Å²) in [6, 6.07) is 5.05. The third-order valence-corrected chi connectivity index (χ3v) is 2.57. The Morgan fingerprint density at radius 2 is 1.95 bits per heavy atom. The molecule has 0 radical (unpaired) electrons. The monoisotopic (exact) mass is 298 g/mol. The number of carbonyl (C=O) groups is 1. The molecule has 0 aliphatic carbocycles. The zero-order valence-electron chi connectivity index (χ0n) is 11.7. The molecule has 1 atom stereocenters. The minimum absolute atomic E-state index is 0.319. The Hall–Kier alpha value is -1.83. The molecule has 1 aromatic carbocycles. The highest BCUT2D eigenvalue weighted by atomic mass is 16.7. The number of ether oxygens (including phenoxy) is 5. The normalized spacial score (nSPS) is 20.0. The molecule has 3 rings (SSSR count). The van der Waals surface area contributed by atoms with Crippen LogP contribution in [-0.4, -0.2) is 50.4 Å². The van der Waals surface area contributed by atoms with Crippen LogP contribution in [0.5, 0.6) is 17.2 Å². The summed E-state index contributed by atoms with van der Waals surface area (Å²) in [7, 11) is 0. The molecule has 7 heteroatoms. The summed E-state index contributed by atoms with van der Waals surface area (Å²) in [5.74, 6) is 1.44. The molecule has 0 spiro atoms. The van der Waals surface area contributed by atoms with Gasteiger partial charge in [-0.05, 0) is 12.1 Å². The van der Waals surface area contributed by atoms with E-state index in [1.54, 1.807) is 18.2 Å². The number of aliphatic hydroxyl groups is 1. The minimum atomic E-state index is -0.686. The fourth-order valence-electron chi connectivity index (χ4n) is 1.73. The van der Waals surface area contributed by atoms with Gasteiger partial charge in [0.15, 0.2) is 17.8 Å². The standard InChI is InChI=1S/C10H10O4.C4H8O3/c1-7(11)14-8-2-3-9-10(6-8)13-5-4-12-9;5-4-3-6-1-2-7-4/h2-3,6H,4-5H2,1H3;4-5H,1-3H2. The van der Waals surface area contributed by atoms with E-state index >= 15 is 0 Å². The van der Waals surface area contributed by atoms with Crippen LogP contribution in [0.25, 0.3) is 0 Å². The van der Waals surface area contributed by atoms with Crippen LogP contribution in [0.15, 0.2) is 18.2 Å². The Labute approximate surface area is 122 Å². The molecular weight excluding hydrogens is 280 g/mol. The van der Waals surface area contributed by atoms with E-state index in [1.807, 2.05) is 0 Å². The highest BCUT2D eigenvalue weighted by molar-refractivity contribution is 5.69.